The maximum atomic E-state index is 12.4. The number of aryl methyl sites for hydroxylation is 3. The van der Waals surface area contributed by atoms with E-state index >= 15 is 0 Å². The highest BCUT2D eigenvalue weighted by Crippen LogP contribution is 2.21. The molecular formula is C14H20N6O2. The second kappa shape index (κ2) is 5.63. The van der Waals surface area contributed by atoms with E-state index in [4.69, 9.17) is 0 Å². The number of nitrogens with zero attached hydrogens (tertiary/aromatic N) is 5. The first kappa shape index (κ1) is 15.7. The maximum absolute atomic E-state index is 12.4. The Hall–Kier alpha value is -2.64. The molecule has 22 heavy (non-hydrogen) atoms. The first-order valence-corrected chi connectivity index (χ1v) is 6.79. The molecule has 1 N–H and O–H groups in total. The summed E-state index contributed by atoms with van der Waals surface area (Å²) in [6.45, 7) is 3.61. The zero-order valence-electron chi connectivity index (χ0n) is 13.6. The minimum Gasteiger partial charge on any atom is -0.343 e. The molecule has 0 saturated carbocycles. The molecule has 2 aromatic heterocycles. The molecule has 0 saturated heterocycles. The minimum absolute atomic E-state index is 0.220. The van der Waals surface area contributed by atoms with E-state index in [9.17, 15) is 9.59 Å². The minimum atomic E-state index is -0.327. The van der Waals surface area contributed by atoms with E-state index in [0.717, 1.165) is 5.69 Å². The third-order valence-corrected chi connectivity index (χ3v) is 3.42. The average molecular weight is 304 g/mol. The Bertz CT molecular complexity index is 741. The zero-order chi connectivity index (χ0) is 16.6. The highest BCUT2D eigenvalue weighted by Gasteiger charge is 2.24. The van der Waals surface area contributed by atoms with Gasteiger partial charge < -0.3 is 10.2 Å². The second-order valence-electron chi connectivity index (χ2n) is 5.38. The summed E-state index contributed by atoms with van der Waals surface area (Å²) in [5, 5.41) is 11.1. The quantitative estimate of drug-likeness (QED) is 0.905. The van der Waals surface area contributed by atoms with Crippen molar-refractivity contribution in [3.63, 3.8) is 0 Å². The number of rotatable bonds is 3. The summed E-state index contributed by atoms with van der Waals surface area (Å²) in [5.74, 6) is -0.591. The van der Waals surface area contributed by atoms with Gasteiger partial charge in [-0.05, 0) is 19.9 Å². The first-order valence-electron chi connectivity index (χ1n) is 6.79. The van der Waals surface area contributed by atoms with Gasteiger partial charge in [-0.2, -0.15) is 10.2 Å². The van der Waals surface area contributed by atoms with E-state index in [1.54, 1.807) is 45.9 Å². The molecule has 2 aromatic rings. The van der Waals surface area contributed by atoms with Crippen molar-refractivity contribution in [2.75, 3.05) is 19.4 Å². The summed E-state index contributed by atoms with van der Waals surface area (Å²) in [6, 6.07) is 1.69. The van der Waals surface area contributed by atoms with Crippen LogP contribution in [0.3, 0.4) is 0 Å². The second-order valence-corrected chi connectivity index (χ2v) is 5.38. The number of anilines is 1. The fraction of sp³-hybridized carbons (Fsp3) is 0.429. The zero-order valence-corrected chi connectivity index (χ0v) is 13.6. The van der Waals surface area contributed by atoms with Gasteiger partial charge in [0.15, 0.2) is 5.69 Å². The van der Waals surface area contributed by atoms with Crippen LogP contribution < -0.4 is 5.32 Å². The molecule has 0 aliphatic heterocycles. The number of carbonyl (C=O) groups is 2. The molecule has 0 unspecified atom stereocenters. The lowest BCUT2D eigenvalue weighted by atomic mass is 10.2. The molecule has 0 aliphatic carbocycles. The summed E-state index contributed by atoms with van der Waals surface area (Å²) in [7, 11) is 6.71. The number of hydrogen-bond acceptors (Lipinski definition) is 4. The predicted octanol–water partition coefficient (Wildman–Crippen LogP) is 0.725. The molecular weight excluding hydrogens is 284 g/mol. The summed E-state index contributed by atoms with van der Waals surface area (Å²) >= 11 is 0. The van der Waals surface area contributed by atoms with Crippen LogP contribution in [-0.4, -0.2) is 50.4 Å². The summed E-state index contributed by atoms with van der Waals surface area (Å²) in [4.78, 5) is 26.0. The van der Waals surface area contributed by atoms with Gasteiger partial charge in [0.2, 0.25) is 0 Å². The lowest BCUT2D eigenvalue weighted by molar-refractivity contribution is 0.0822. The normalized spacial score (nSPS) is 10.6. The number of aromatic nitrogens is 4. The first-order chi connectivity index (χ1) is 10.2. The third kappa shape index (κ3) is 2.72. The fourth-order valence-electron chi connectivity index (χ4n) is 2.12. The maximum Gasteiger partial charge on any atom is 0.276 e. The molecule has 0 aromatic carbocycles. The van der Waals surface area contributed by atoms with Gasteiger partial charge in [0, 0.05) is 28.2 Å². The molecule has 0 fully saturated rings. The van der Waals surface area contributed by atoms with Gasteiger partial charge >= 0.3 is 0 Å². The number of amides is 2. The Morgan fingerprint density at radius 1 is 1.14 bits per heavy atom. The lowest BCUT2D eigenvalue weighted by Crippen LogP contribution is -2.24. The van der Waals surface area contributed by atoms with E-state index in [1.807, 2.05) is 6.92 Å². The van der Waals surface area contributed by atoms with E-state index in [0.29, 0.717) is 17.1 Å². The van der Waals surface area contributed by atoms with E-state index < -0.39 is 0 Å². The van der Waals surface area contributed by atoms with Crippen LogP contribution in [-0.2, 0) is 14.1 Å². The Labute approximate surface area is 128 Å². The van der Waals surface area contributed by atoms with Gasteiger partial charge in [-0.25, -0.2) is 0 Å². The van der Waals surface area contributed by atoms with Gasteiger partial charge in [-0.3, -0.25) is 19.0 Å². The van der Waals surface area contributed by atoms with Crippen molar-refractivity contribution in [2.45, 2.75) is 13.8 Å². The predicted molar refractivity (Wildman–Crippen MR) is 81.9 cm³/mol. The molecule has 8 nitrogen and oxygen atoms in total. The Morgan fingerprint density at radius 3 is 2.27 bits per heavy atom. The van der Waals surface area contributed by atoms with Gasteiger partial charge in [0.25, 0.3) is 11.8 Å². The lowest BCUT2D eigenvalue weighted by Gasteiger charge is -2.10. The van der Waals surface area contributed by atoms with Crippen LogP contribution in [0.25, 0.3) is 0 Å². The van der Waals surface area contributed by atoms with Crippen LogP contribution in [0, 0.1) is 13.8 Å². The fourth-order valence-corrected chi connectivity index (χ4v) is 2.12. The van der Waals surface area contributed by atoms with Crippen molar-refractivity contribution in [2.24, 2.45) is 14.1 Å². The van der Waals surface area contributed by atoms with E-state index in [2.05, 4.69) is 15.5 Å². The Kier molecular flexibility index (Phi) is 4.03. The van der Waals surface area contributed by atoms with Crippen LogP contribution in [0.1, 0.15) is 32.4 Å². The van der Waals surface area contributed by atoms with Crippen molar-refractivity contribution < 1.29 is 9.59 Å². The Morgan fingerprint density at radius 2 is 1.77 bits per heavy atom. The molecule has 0 aliphatic rings. The topological polar surface area (TPSA) is 85.0 Å². The number of nitrogens with one attached hydrogen (secondary N) is 1. The van der Waals surface area contributed by atoms with Gasteiger partial charge in [-0.15, -0.1) is 0 Å². The van der Waals surface area contributed by atoms with Crippen molar-refractivity contribution in [3.8, 4) is 0 Å². The largest absolute Gasteiger partial charge is 0.343 e. The van der Waals surface area contributed by atoms with Crippen LogP contribution in [0.5, 0.6) is 0 Å². The van der Waals surface area contributed by atoms with Crippen LogP contribution in [0.4, 0.5) is 5.69 Å². The van der Waals surface area contributed by atoms with Gasteiger partial charge in [0.05, 0.1) is 17.1 Å². The summed E-state index contributed by atoms with van der Waals surface area (Å²) < 4.78 is 3.07. The standard InChI is InChI=1S/C14H20N6O2/c1-8-7-10(20(6)16-8)13(21)15-11-9(2)19(5)17-12(11)14(22)18(3)4/h7H,1-6H3,(H,15,21). The average Bonchev–Trinajstić information content (AvgIpc) is 2.91. The van der Waals surface area contributed by atoms with Crippen molar-refractivity contribution in [1.82, 2.24) is 24.5 Å². The molecule has 0 radical (unpaired) electrons. The molecule has 0 bridgehead atoms. The molecule has 8 heteroatoms. The molecule has 2 rings (SSSR count). The van der Waals surface area contributed by atoms with Gasteiger partial charge in [0.1, 0.15) is 5.69 Å². The van der Waals surface area contributed by atoms with Crippen molar-refractivity contribution in [3.05, 3.63) is 28.8 Å². The molecule has 2 heterocycles. The molecule has 0 atom stereocenters. The summed E-state index contributed by atoms with van der Waals surface area (Å²) in [5.41, 5.74) is 2.52. The van der Waals surface area contributed by atoms with Crippen LogP contribution in [0.15, 0.2) is 6.07 Å². The molecule has 0 spiro atoms. The highest BCUT2D eigenvalue weighted by molar-refractivity contribution is 6.08. The smallest absolute Gasteiger partial charge is 0.276 e. The van der Waals surface area contributed by atoms with Crippen LogP contribution in [0.2, 0.25) is 0 Å². The van der Waals surface area contributed by atoms with Crippen molar-refractivity contribution >= 4 is 17.5 Å². The van der Waals surface area contributed by atoms with E-state index in [1.165, 1.54) is 9.58 Å². The number of carbonyl (C=O) groups excluding carboxylic acids is 2. The summed E-state index contributed by atoms with van der Waals surface area (Å²) in [6.07, 6.45) is 0. The third-order valence-electron chi connectivity index (χ3n) is 3.42. The van der Waals surface area contributed by atoms with E-state index in [-0.39, 0.29) is 17.5 Å². The molecule has 118 valence electrons. The molecule has 2 amide bonds. The monoisotopic (exact) mass is 304 g/mol. The Balaban J connectivity index is 2.39. The van der Waals surface area contributed by atoms with Crippen molar-refractivity contribution in [1.29, 1.82) is 0 Å². The van der Waals surface area contributed by atoms with Gasteiger partial charge in [-0.1, -0.05) is 0 Å². The SMILES string of the molecule is Cc1cc(C(=O)Nc2c(C(=O)N(C)C)nn(C)c2C)n(C)n1. The van der Waals surface area contributed by atoms with Crippen LogP contribution >= 0.6 is 0 Å². The highest BCUT2D eigenvalue weighted by atomic mass is 16.2. The number of hydrogen-bond donors (Lipinski definition) is 1.